The number of benzene rings is 1. The van der Waals surface area contributed by atoms with Gasteiger partial charge in [0.25, 0.3) is 0 Å². The van der Waals surface area contributed by atoms with Crippen LogP contribution in [0, 0.1) is 13.8 Å². The first-order valence-electron chi connectivity index (χ1n) is 8.17. The highest BCUT2D eigenvalue weighted by atomic mass is 32.2. The van der Waals surface area contributed by atoms with Crippen molar-refractivity contribution in [2.45, 2.75) is 18.7 Å². The molecule has 1 aromatic heterocycles. The number of hydrogen-bond acceptors (Lipinski definition) is 8. The number of esters is 1. The van der Waals surface area contributed by atoms with Crippen LogP contribution in [0.5, 0.6) is 11.6 Å². The number of methoxy groups -OCH3 is 2. The summed E-state index contributed by atoms with van der Waals surface area (Å²) < 4.78 is 40.8. The van der Waals surface area contributed by atoms with Gasteiger partial charge in [-0.1, -0.05) is 0 Å². The quantitative estimate of drug-likeness (QED) is 0.495. The van der Waals surface area contributed by atoms with E-state index in [9.17, 15) is 18.0 Å². The van der Waals surface area contributed by atoms with Gasteiger partial charge < -0.3 is 14.2 Å². The zero-order valence-corrected chi connectivity index (χ0v) is 17.3. The molecule has 28 heavy (non-hydrogen) atoms. The lowest BCUT2D eigenvalue weighted by Crippen LogP contribution is -2.16. The number of rotatable bonds is 7. The molecule has 0 N–H and O–H groups in total. The van der Waals surface area contributed by atoms with Crippen LogP contribution in [0.15, 0.2) is 17.2 Å². The van der Waals surface area contributed by atoms with Gasteiger partial charge in [-0.3, -0.25) is 4.79 Å². The molecule has 0 amide bonds. The predicted octanol–water partition coefficient (Wildman–Crippen LogP) is 1.23. The molecule has 2 rings (SSSR count). The van der Waals surface area contributed by atoms with Gasteiger partial charge in [0.1, 0.15) is 11.3 Å². The van der Waals surface area contributed by atoms with Crippen LogP contribution in [0.1, 0.15) is 27.0 Å². The van der Waals surface area contributed by atoms with Crippen molar-refractivity contribution >= 4 is 21.6 Å². The third-order valence-electron chi connectivity index (χ3n) is 4.15. The standard InChI is InChI=1S/C18H22N2O7S/c1-10-7-12(16(26-5)11(2)17(10)28(6,23)24)15(22)13-8-19-20(3)18(13)27-9-14(21)25-4/h7-8H,9H2,1-6H3. The predicted molar refractivity (Wildman–Crippen MR) is 99.7 cm³/mol. The summed E-state index contributed by atoms with van der Waals surface area (Å²) in [6.07, 6.45) is 2.41. The van der Waals surface area contributed by atoms with Crippen molar-refractivity contribution in [2.75, 3.05) is 27.1 Å². The Hall–Kier alpha value is -2.88. The maximum Gasteiger partial charge on any atom is 0.343 e. The summed E-state index contributed by atoms with van der Waals surface area (Å²) in [5, 5.41) is 4.01. The topological polar surface area (TPSA) is 114 Å². The van der Waals surface area contributed by atoms with Gasteiger partial charge in [0.2, 0.25) is 11.7 Å². The van der Waals surface area contributed by atoms with Gasteiger partial charge in [-0.15, -0.1) is 0 Å². The van der Waals surface area contributed by atoms with Crippen molar-refractivity contribution < 1.29 is 32.2 Å². The SMILES string of the molecule is COC(=O)COc1c(C(=O)c2cc(C)c(S(C)(=O)=O)c(C)c2OC)cnn1C. The van der Waals surface area contributed by atoms with Crippen molar-refractivity contribution in [3.63, 3.8) is 0 Å². The zero-order valence-electron chi connectivity index (χ0n) is 16.5. The van der Waals surface area contributed by atoms with Crippen LogP contribution in [-0.4, -0.2) is 57.0 Å². The molecule has 0 bridgehead atoms. The molecule has 10 heteroatoms. The molecule has 0 saturated heterocycles. The number of ether oxygens (including phenoxy) is 3. The molecular weight excluding hydrogens is 388 g/mol. The number of hydrogen-bond donors (Lipinski definition) is 0. The second-order valence-corrected chi connectivity index (χ2v) is 8.13. The zero-order chi connectivity index (χ0) is 21.2. The number of ketones is 1. The molecule has 0 saturated carbocycles. The van der Waals surface area contributed by atoms with E-state index in [2.05, 4.69) is 9.84 Å². The molecule has 152 valence electrons. The van der Waals surface area contributed by atoms with Crippen LogP contribution < -0.4 is 9.47 Å². The lowest BCUT2D eigenvalue weighted by molar-refractivity contribution is -0.143. The van der Waals surface area contributed by atoms with Crippen LogP contribution in [-0.2, 0) is 26.4 Å². The van der Waals surface area contributed by atoms with Crippen molar-refractivity contribution in [1.29, 1.82) is 0 Å². The lowest BCUT2D eigenvalue weighted by atomic mass is 9.99. The summed E-state index contributed by atoms with van der Waals surface area (Å²) in [5.74, 6) is -0.851. The van der Waals surface area contributed by atoms with Crippen LogP contribution in [0.4, 0.5) is 0 Å². The third kappa shape index (κ3) is 4.01. The lowest BCUT2D eigenvalue weighted by Gasteiger charge is -2.16. The smallest absolute Gasteiger partial charge is 0.343 e. The summed E-state index contributed by atoms with van der Waals surface area (Å²) in [7, 11) is 0.629. The monoisotopic (exact) mass is 410 g/mol. The molecule has 9 nitrogen and oxygen atoms in total. The number of carbonyl (C=O) groups is 2. The minimum absolute atomic E-state index is 0.0833. The average molecular weight is 410 g/mol. The van der Waals surface area contributed by atoms with Crippen LogP contribution in [0.25, 0.3) is 0 Å². The van der Waals surface area contributed by atoms with Crippen LogP contribution >= 0.6 is 0 Å². The molecule has 1 heterocycles. The van der Waals surface area contributed by atoms with Crippen molar-refractivity contribution in [2.24, 2.45) is 7.05 Å². The Morgan fingerprint density at radius 1 is 1.18 bits per heavy atom. The van der Waals surface area contributed by atoms with Crippen molar-refractivity contribution in [1.82, 2.24) is 9.78 Å². The van der Waals surface area contributed by atoms with E-state index < -0.39 is 28.2 Å². The largest absolute Gasteiger partial charge is 0.496 e. The summed E-state index contributed by atoms with van der Waals surface area (Å²) in [6.45, 7) is 2.80. The molecule has 0 unspecified atom stereocenters. The maximum atomic E-state index is 13.2. The van der Waals surface area contributed by atoms with E-state index in [1.807, 2.05) is 0 Å². The number of aryl methyl sites for hydroxylation is 2. The molecular formula is C18H22N2O7S. The molecule has 0 radical (unpaired) electrons. The molecule has 1 aromatic carbocycles. The highest BCUT2D eigenvalue weighted by Gasteiger charge is 2.27. The van der Waals surface area contributed by atoms with Crippen LogP contribution in [0.2, 0.25) is 0 Å². The van der Waals surface area contributed by atoms with Crippen molar-refractivity contribution in [3.05, 3.63) is 34.5 Å². The van der Waals surface area contributed by atoms with Gasteiger partial charge in [-0.2, -0.15) is 5.10 Å². The minimum atomic E-state index is -3.51. The van der Waals surface area contributed by atoms with Gasteiger partial charge in [0.15, 0.2) is 16.4 Å². The Morgan fingerprint density at radius 2 is 1.82 bits per heavy atom. The summed E-state index contributed by atoms with van der Waals surface area (Å²) >= 11 is 0. The Balaban J connectivity index is 2.58. The van der Waals surface area contributed by atoms with E-state index in [1.54, 1.807) is 20.9 Å². The average Bonchev–Trinajstić information content (AvgIpc) is 2.97. The number of nitrogens with zero attached hydrogens (tertiary/aromatic N) is 2. The second kappa shape index (κ2) is 8.01. The third-order valence-corrected chi connectivity index (χ3v) is 5.52. The Kier molecular flexibility index (Phi) is 6.13. The normalized spacial score (nSPS) is 11.2. The second-order valence-electron chi connectivity index (χ2n) is 6.18. The van der Waals surface area contributed by atoms with E-state index in [0.29, 0.717) is 11.1 Å². The molecule has 2 aromatic rings. The van der Waals surface area contributed by atoms with E-state index in [1.165, 1.54) is 31.2 Å². The van der Waals surface area contributed by atoms with Gasteiger partial charge in [0.05, 0.1) is 30.9 Å². The molecule has 0 spiro atoms. The highest BCUT2D eigenvalue weighted by Crippen LogP contribution is 2.35. The van der Waals surface area contributed by atoms with Gasteiger partial charge in [-0.05, 0) is 25.5 Å². The summed E-state index contributed by atoms with van der Waals surface area (Å²) in [6, 6.07) is 1.46. The number of carbonyl (C=O) groups excluding carboxylic acids is 2. The van der Waals surface area contributed by atoms with Crippen molar-refractivity contribution in [3.8, 4) is 11.6 Å². The fourth-order valence-corrected chi connectivity index (χ4v) is 4.33. The molecule has 0 aliphatic carbocycles. The van der Waals surface area contributed by atoms with Gasteiger partial charge in [0, 0.05) is 18.9 Å². The number of sulfone groups is 1. The van der Waals surface area contributed by atoms with E-state index in [-0.39, 0.29) is 27.7 Å². The minimum Gasteiger partial charge on any atom is -0.496 e. The van der Waals surface area contributed by atoms with E-state index >= 15 is 0 Å². The first kappa shape index (κ1) is 21.4. The van der Waals surface area contributed by atoms with E-state index in [0.717, 1.165) is 6.26 Å². The van der Waals surface area contributed by atoms with Gasteiger partial charge in [-0.25, -0.2) is 17.9 Å². The first-order valence-corrected chi connectivity index (χ1v) is 10.1. The summed E-state index contributed by atoms with van der Waals surface area (Å²) in [4.78, 5) is 24.6. The molecule has 0 fully saturated rings. The van der Waals surface area contributed by atoms with E-state index in [4.69, 9.17) is 9.47 Å². The Bertz CT molecular complexity index is 1040. The molecule has 0 aliphatic rings. The maximum absolute atomic E-state index is 13.2. The molecule has 0 atom stereocenters. The Morgan fingerprint density at radius 3 is 2.36 bits per heavy atom. The van der Waals surface area contributed by atoms with Crippen LogP contribution in [0.3, 0.4) is 0 Å². The highest BCUT2D eigenvalue weighted by molar-refractivity contribution is 7.90. The fourth-order valence-electron chi connectivity index (χ4n) is 3.04. The number of aromatic nitrogens is 2. The molecule has 0 aliphatic heterocycles. The fraction of sp³-hybridized carbons (Fsp3) is 0.389. The Labute approximate surface area is 163 Å². The first-order chi connectivity index (χ1) is 13.0. The van der Waals surface area contributed by atoms with Gasteiger partial charge >= 0.3 is 5.97 Å². The summed E-state index contributed by atoms with van der Waals surface area (Å²) in [5.41, 5.74) is 1.04.